The third-order valence-corrected chi connectivity index (χ3v) is 5.64. The molecule has 2 nitrogen and oxygen atoms in total. The van der Waals surface area contributed by atoms with Gasteiger partial charge >= 0.3 is 0 Å². The van der Waals surface area contributed by atoms with Crippen LogP contribution in [0.25, 0.3) is 0 Å². The molecule has 0 amide bonds. The van der Waals surface area contributed by atoms with Crippen molar-refractivity contribution in [3.63, 3.8) is 0 Å². The predicted molar refractivity (Wildman–Crippen MR) is 80.1 cm³/mol. The van der Waals surface area contributed by atoms with Gasteiger partial charge in [-0.15, -0.1) is 0 Å². The highest BCUT2D eigenvalue weighted by molar-refractivity contribution is 9.09. The van der Waals surface area contributed by atoms with Gasteiger partial charge in [0.05, 0.1) is 5.69 Å². The molecule has 3 atom stereocenters. The molecule has 0 aliphatic heterocycles. The van der Waals surface area contributed by atoms with Crippen LogP contribution in [0, 0.1) is 11.8 Å². The lowest BCUT2D eigenvalue weighted by Gasteiger charge is -2.32. The lowest BCUT2D eigenvalue weighted by molar-refractivity contribution is 0.268. The molecule has 0 aromatic carbocycles. The fourth-order valence-corrected chi connectivity index (χ4v) is 3.78. The molecule has 1 aliphatic rings. The molecular formula is C15H25BrN2. The van der Waals surface area contributed by atoms with Crippen molar-refractivity contribution in [2.24, 2.45) is 18.9 Å². The Hall–Kier alpha value is -0.310. The molecule has 0 spiro atoms. The summed E-state index contributed by atoms with van der Waals surface area (Å²) in [5.41, 5.74) is 2.62. The first-order chi connectivity index (χ1) is 8.63. The fraction of sp³-hybridized carbons (Fsp3) is 0.800. The Bertz CT molecular complexity index is 386. The second-order valence-corrected chi connectivity index (χ2v) is 6.85. The second-order valence-electron chi connectivity index (χ2n) is 5.67. The Labute approximate surface area is 119 Å². The molecule has 3 unspecified atom stereocenters. The van der Waals surface area contributed by atoms with Gasteiger partial charge < -0.3 is 0 Å². The predicted octanol–water partition coefficient (Wildman–Crippen LogP) is 4.11. The maximum absolute atomic E-state index is 4.56. The lowest BCUT2D eigenvalue weighted by atomic mass is 9.78. The van der Waals surface area contributed by atoms with Crippen LogP contribution >= 0.6 is 15.9 Å². The van der Waals surface area contributed by atoms with E-state index in [1.807, 2.05) is 0 Å². The number of rotatable bonds is 4. The standard InChI is InChI=1S/C15H25BrN2/c1-4-11-6-7-15(16)12(8-11)9-14-10-13(5-2)17-18(14)3/h10-12,15H,4-9H2,1-3H3. The van der Waals surface area contributed by atoms with Crippen LogP contribution in [0.4, 0.5) is 0 Å². The van der Waals surface area contributed by atoms with E-state index in [0.717, 1.165) is 18.3 Å². The van der Waals surface area contributed by atoms with E-state index >= 15 is 0 Å². The van der Waals surface area contributed by atoms with Crippen molar-refractivity contribution >= 4 is 15.9 Å². The van der Waals surface area contributed by atoms with E-state index in [1.54, 1.807) is 0 Å². The molecule has 0 bridgehead atoms. The van der Waals surface area contributed by atoms with Crippen molar-refractivity contribution in [3.8, 4) is 0 Å². The van der Waals surface area contributed by atoms with Gasteiger partial charge in [0.15, 0.2) is 0 Å². The van der Waals surface area contributed by atoms with Gasteiger partial charge in [0.1, 0.15) is 0 Å². The first-order valence-corrected chi connectivity index (χ1v) is 8.21. The molecule has 2 rings (SSSR count). The van der Waals surface area contributed by atoms with E-state index < -0.39 is 0 Å². The van der Waals surface area contributed by atoms with Crippen LogP contribution in [0.5, 0.6) is 0 Å². The number of nitrogens with zero attached hydrogens (tertiary/aromatic N) is 2. The zero-order chi connectivity index (χ0) is 13.1. The van der Waals surface area contributed by atoms with Gasteiger partial charge in [-0.3, -0.25) is 4.68 Å². The normalized spacial score (nSPS) is 28.6. The Morgan fingerprint density at radius 2 is 2.17 bits per heavy atom. The van der Waals surface area contributed by atoms with Gasteiger partial charge in [-0.1, -0.05) is 36.2 Å². The maximum Gasteiger partial charge on any atom is 0.0624 e. The molecule has 1 heterocycles. The molecule has 0 saturated heterocycles. The van der Waals surface area contributed by atoms with E-state index in [1.165, 1.54) is 43.5 Å². The number of hydrogen-bond donors (Lipinski definition) is 0. The smallest absolute Gasteiger partial charge is 0.0624 e. The van der Waals surface area contributed by atoms with Crippen LogP contribution in [0.15, 0.2) is 6.07 Å². The summed E-state index contributed by atoms with van der Waals surface area (Å²) in [6.45, 7) is 4.50. The summed E-state index contributed by atoms with van der Waals surface area (Å²) in [6.07, 6.45) is 7.65. The molecule has 102 valence electrons. The highest BCUT2D eigenvalue weighted by atomic mass is 79.9. The maximum atomic E-state index is 4.56. The van der Waals surface area contributed by atoms with E-state index in [9.17, 15) is 0 Å². The van der Waals surface area contributed by atoms with Crippen LogP contribution in [-0.2, 0) is 19.9 Å². The Morgan fingerprint density at radius 3 is 2.78 bits per heavy atom. The van der Waals surface area contributed by atoms with E-state index in [4.69, 9.17) is 0 Å². The Morgan fingerprint density at radius 1 is 1.39 bits per heavy atom. The molecule has 18 heavy (non-hydrogen) atoms. The molecule has 0 N–H and O–H groups in total. The Balaban J connectivity index is 2.04. The molecule has 1 aliphatic carbocycles. The molecule has 1 aromatic heterocycles. The largest absolute Gasteiger partial charge is 0.272 e. The molecule has 1 saturated carbocycles. The van der Waals surface area contributed by atoms with Gasteiger partial charge in [-0.25, -0.2) is 0 Å². The van der Waals surface area contributed by atoms with Crippen LogP contribution in [0.2, 0.25) is 0 Å². The average molecular weight is 313 g/mol. The van der Waals surface area contributed by atoms with E-state index in [2.05, 4.69) is 52.7 Å². The minimum Gasteiger partial charge on any atom is -0.272 e. The molecule has 0 radical (unpaired) electrons. The van der Waals surface area contributed by atoms with Crippen molar-refractivity contribution in [3.05, 3.63) is 17.5 Å². The first kappa shape index (κ1) is 14.1. The van der Waals surface area contributed by atoms with Crippen molar-refractivity contribution < 1.29 is 0 Å². The van der Waals surface area contributed by atoms with Crippen LogP contribution in [-0.4, -0.2) is 14.6 Å². The molecular weight excluding hydrogens is 288 g/mol. The summed E-state index contributed by atoms with van der Waals surface area (Å²) >= 11 is 3.89. The van der Waals surface area contributed by atoms with E-state index in [-0.39, 0.29) is 0 Å². The van der Waals surface area contributed by atoms with Gasteiger partial charge in [-0.05, 0) is 50.0 Å². The van der Waals surface area contributed by atoms with Gasteiger partial charge in [0.2, 0.25) is 0 Å². The summed E-state index contributed by atoms with van der Waals surface area (Å²) in [6, 6.07) is 2.29. The summed E-state index contributed by atoms with van der Waals surface area (Å²) in [5.74, 6) is 1.71. The van der Waals surface area contributed by atoms with Gasteiger partial charge in [0, 0.05) is 17.6 Å². The topological polar surface area (TPSA) is 17.8 Å². The molecule has 3 heteroatoms. The zero-order valence-corrected chi connectivity index (χ0v) is 13.4. The summed E-state index contributed by atoms with van der Waals surface area (Å²) in [5, 5.41) is 4.56. The van der Waals surface area contributed by atoms with Crippen molar-refractivity contribution in [2.75, 3.05) is 0 Å². The second kappa shape index (κ2) is 6.23. The van der Waals surface area contributed by atoms with Crippen LogP contribution in [0.1, 0.15) is 50.9 Å². The number of hydrogen-bond acceptors (Lipinski definition) is 1. The van der Waals surface area contributed by atoms with Crippen LogP contribution < -0.4 is 0 Å². The highest BCUT2D eigenvalue weighted by Crippen LogP contribution is 2.37. The monoisotopic (exact) mass is 312 g/mol. The minimum absolute atomic E-state index is 0.695. The fourth-order valence-electron chi connectivity index (χ4n) is 3.11. The third kappa shape index (κ3) is 3.17. The van der Waals surface area contributed by atoms with Crippen molar-refractivity contribution in [1.82, 2.24) is 9.78 Å². The summed E-state index contributed by atoms with van der Waals surface area (Å²) < 4.78 is 2.08. The van der Waals surface area contributed by atoms with Crippen LogP contribution in [0.3, 0.4) is 0 Å². The lowest BCUT2D eigenvalue weighted by Crippen LogP contribution is -2.27. The first-order valence-electron chi connectivity index (χ1n) is 7.29. The summed E-state index contributed by atoms with van der Waals surface area (Å²) in [7, 11) is 2.08. The number of aryl methyl sites for hydroxylation is 2. The Kier molecular flexibility index (Phi) is 4.88. The quantitative estimate of drug-likeness (QED) is 0.765. The molecule has 1 fully saturated rings. The minimum atomic E-state index is 0.695. The highest BCUT2D eigenvalue weighted by Gasteiger charge is 2.28. The van der Waals surface area contributed by atoms with Crippen molar-refractivity contribution in [1.29, 1.82) is 0 Å². The number of alkyl halides is 1. The third-order valence-electron chi connectivity index (χ3n) is 4.44. The SMILES string of the molecule is CCc1cc(CC2CC(CC)CCC2Br)n(C)n1. The van der Waals surface area contributed by atoms with E-state index in [0.29, 0.717) is 4.83 Å². The summed E-state index contributed by atoms with van der Waals surface area (Å²) in [4.78, 5) is 0.695. The average Bonchev–Trinajstić information content (AvgIpc) is 2.73. The number of halogens is 1. The van der Waals surface area contributed by atoms with Gasteiger partial charge in [-0.2, -0.15) is 5.10 Å². The number of aromatic nitrogens is 2. The van der Waals surface area contributed by atoms with Crippen molar-refractivity contribution in [2.45, 2.75) is 57.2 Å². The van der Waals surface area contributed by atoms with Gasteiger partial charge in [0.25, 0.3) is 0 Å². The molecule has 1 aromatic rings. The zero-order valence-electron chi connectivity index (χ0n) is 11.8.